The molecule has 1 saturated heterocycles. The van der Waals surface area contributed by atoms with Crippen LogP contribution in [0.4, 0.5) is 0 Å². The fraction of sp³-hybridized carbons (Fsp3) is 0.762. The summed E-state index contributed by atoms with van der Waals surface area (Å²) in [5.41, 5.74) is 5.74. The van der Waals surface area contributed by atoms with E-state index in [1.165, 1.54) is 13.8 Å². The first-order valence-electron chi connectivity index (χ1n) is 11.2. The minimum atomic E-state index is -1.63. The molecule has 14 heteroatoms. The Morgan fingerprint density at radius 2 is 1.83 bits per heavy atom. The van der Waals surface area contributed by atoms with Gasteiger partial charge in [0.05, 0.1) is 35.9 Å². The Bertz CT molecular complexity index is 813. The summed E-state index contributed by atoms with van der Waals surface area (Å²) in [4.78, 5) is 37.5. The topological polar surface area (TPSA) is 200 Å². The summed E-state index contributed by atoms with van der Waals surface area (Å²) < 4.78 is 11.0. The van der Waals surface area contributed by atoms with Crippen molar-refractivity contribution in [3.63, 3.8) is 0 Å². The van der Waals surface area contributed by atoms with Crippen molar-refractivity contribution in [1.29, 1.82) is 0 Å². The number of amides is 2. The minimum Gasteiger partial charge on any atom is -0.391 e. The zero-order valence-electron chi connectivity index (χ0n) is 19.4. The highest BCUT2D eigenvalue weighted by Crippen LogP contribution is 2.35. The highest BCUT2D eigenvalue weighted by molar-refractivity contribution is 9.12. The molecule has 1 fully saturated rings. The molecule has 2 aliphatic rings. The van der Waals surface area contributed by atoms with Crippen molar-refractivity contribution in [3.05, 3.63) is 9.39 Å². The molecule has 35 heavy (non-hydrogen) atoms. The maximum atomic E-state index is 12.7. The molecule has 8 atom stereocenters. The van der Waals surface area contributed by atoms with Gasteiger partial charge in [-0.1, -0.05) is 0 Å². The molecule has 200 valence electrons. The van der Waals surface area contributed by atoms with Gasteiger partial charge in [0.1, 0.15) is 28.6 Å². The van der Waals surface area contributed by atoms with E-state index in [0.29, 0.717) is 19.3 Å². The molecule has 0 aromatic carbocycles. The number of carbonyl (C=O) groups excluding carboxylic acids is 3. The van der Waals surface area contributed by atoms with E-state index in [0.717, 1.165) is 16.7 Å². The van der Waals surface area contributed by atoms with Crippen LogP contribution in [-0.4, -0.2) is 116 Å². The quantitative estimate of drug-likeness (QED) is 0.106. The fourth-order valence-electron chi connectivity index (χ4n) is 3.52. The molecule has 2 amide bonds. The summed E-state index contributed by atoms with van der Waals surface area (Å²) in [5.74, 6) is -1.06. The smallest absolute Gasteiger partial charge is 0.269 e. The molecule has 2 aliphatic heterocycles. The van der Waals surface area contributed by atoms with Crippen molar-refractivity contribution in [3.8, 4) is 0 Å². The van der Waals surface area contributed by atoms with E-state index in [2.05, 4.69) is 15.9 Å². The second kappa shape index (κ2) is 13.6. The number of imide groups is 1. The molecule has 0 aliphatic carbocycles. The maximum absolute atomic E-state index is 12.7. The third-order valence-corrected chi connectivity index (χ3v) is 7.84. The number of ether oxygens (including phenoxy) is 2. The maximum Gasteiger partial charge on any atom is 0.269 e. The lowest BCUT2D eigenvalue weighted by Crippen LogP contribution is -2.59. The SMILES string of the molecule is CC(=O)CCCCN1C(=O)C(Br)=C(SCC2O[C@H](OC[C@H](N)[C@H](O)[C@@H](C)O)C(O)C(O)[C@H]2O)C1=O. The summed E-state index contributed by atoms with van der Waals surface area (Å²) in [6.45, 7) is 2.66. The van der Waals surface area contributed by atoms with Crippen molar-refractivity contribution < 1.29 is 49.4 Å². The Morgan fingerprint density at radius 3 is 2.43 bits per heavy atom. The van der Waals surface area contributed by atoms with E-state index in [1.54, 1.807) is 0 Å². The summed E-state index contributed by atoms with van der Waals surface area (Å²) in [6.07, 6.45) is -8.26. The lowest BCUT2D eigenvalue weighted by atomic mass is 10.00. The van der Waals surface area contributed by atoms with Gasteiger partial charge in [0.2, 0.25) is 0 Å². The summed E-state index contributed by atoms with van der Waals surface area (Å²) in [6, 6.07) is -1.01. The number of aliphatic hydroxyl groups excluding tert-OH is 5. The number of ketones is 1. The summed E-state index contributed by atoms with van der Waals surface area (Å²) in [5, 5.41) is 50.0. The molecule has 3 unspecified atom stereocenters. The highest BCUT2D eigenvalue weighted by atomic mass is 79.9. The number of halogens is 1. The number of hydrogen-bond acceptors (Lipinski definition) is 12. The first-order valence-corrected chi connectivity index (χ1v) is 13.0. The average molecular weight is 585 g/mol. The van der Waals surface area contributed by atoms with E-state index in [9.17, 15) is 39.9 Å². The molecule has 7 N–H and O–H groups in total. The predicted molar refractivity (Wildman–Crippen MR) is 128 cm³/mol. The van der Waals surface area contributed by atoms with Crippen LogP contribution in [0.1, 0.15) is 33.1 Å². The summed E-state index contributed by atoms with van der Waals surface area (Å²) >= 11 is 4.08. The molecule has 2 heterocycles. The van der Waals surface area contributed by atoms with Gasteiger partial charge in [-0.25, -0.2) is 0 Å². The average Bonchev–Trinajstić information content (AvgIpc) is 3.00. The largest absolute Gasteiger partial charge is 0.391 e. The number of carbonyl (C=O) groups is 3. The van der Waals surface area contributed by atoms with Crippen LogP contribution in [0.5, 0.6) is 0 Å². The molecule has 0 bridgehead atoms. The van der Waals surface area contributed by atoms with Crippen molar-refractivity contribution in [2.45, 2.75) is 82.1 Å². The van der Waals surface area contributed by atoms with Gasteiger partial charge in [0.15, 0.2) is 6.29 Å². The molecule has 2 rings (SSSR count). The molecule has 0 radical (unpaired) electrons. The molecular formula is C21H33BrN2O10S. The van der Waals surface area contributed by atoms with Gasteiger partial charge in [-0.05, 0) is 42.6 Å². The van der Waals surface area contributed by atoms with Crippen LogP contribution in [0.2, 0.25) is 0 Å². The zero-order chi connectivity index (χ0) is 26.4. The van der Waals surface area contributed by atoms with Crippen molar-refractivity contribution in [2.75, 3.05) is 18.9 Å². The molecule has 0 aromatic heterocycles. The first-order chi connectivity index (χ1) is 16.4. The van der Waals surface area contributed by atoms with Crippen LogP contribution < -0.4 is 5.73 Å². The van der Waals surface area contributed by atoms with Crippen LogP contribution in [-0.2, 0) is 23.9 Å². The van der Waals surface area contributed by atoms with Gasteiger partial charge >= 0.3 is 0 Å². The Labute approximate surface area is 215 Å². The number of hydrogen-bond donors (Lipinski definition) is 6. The Balaban J connectivity index is 1.96. The molecule has 0 saturated carbocycles. The van der Waals surface area contributed by atoms with Crippen LogP contribution >= 0.6 is 27.7 Å². The first kappa shape index (κ1) is 30.3. The number of unbranched alkanes of at least 4 members (excludes halogenated alkanes) is 1. The van der Waals surface area contributed by atoms with E-state index in [4.69, 9.17) is 15.2 Å². The number of rotatable bonds is 13. The molecular weight excluding hydrogens is 552 g/mol. The molecule has 12 nitrogen and oxygen atoms in total. The van der Waals surface area contributed by atoms with Crippen LogP contribution in [0.15, 0.2) is 9.39 Å². The van der Waals surface area contributed by atoms with Crippen molar-refractivity contribution in [2.24, 2.45) is 5.73 Å². The van der Waals surface area contributed by atoms with Gasteiger partial charge in [0.25, 0.3) is 11.8 Å². The van der Waals surface area contributed by atoms with Crippen LogP contribution in [0.3, 0.4) is 0 Å². The lowest BCUT2D eigenvalue weighted by Gasteiger charge is -2.40. The molecule has 0 spiro atoms. The second-order valence-electron chi connectivity index (χ2n) is 8.62. The van der Waals surface area contributed by atoms with Crippen molar-refractivity contribution >= 4 is 45.3 Å². The van der Waals surface area contributed by atoms with Gasteiger partial charge in [-0.15, -0.1) is 11.8 Å². The summed E-state index contributed by atoms with van der Waals surface area (Å²) in [7, 11) is 0. The second-order valence-corrected chi connectivity index (χ2v) is 10.4. The highest BCUT2D eigenvalue weighted by Gasteiger charge is 2.45. The van der Waals surface area contributed by atoms with Gasteiger partial charge in [-0.2, -0.15) is 0 Å². The van der Waals surface area contributed by atoms with Gasteiger partial charge in [-0.3, -0.25) is 14.5 Å². The number of thioether (sulfide) groups is 1. The Hall–Kier alpha value is -0.940. The predicted octanol–water partition coefficient (Wildman–Crippen LogP) is -1.65. The van der Waals surface area contributed by atoms with E-state index < -0.39 is 60.8 Å². The van der Waals surface area contributed by atoms with E-state index in [-0.39, 0.29) is 34.1 Å². The zero-order valence-corrected chi connectivity index (χ0v) is 21.9. The fourth-order valence-corrected chi connectivity index (χ4v) is 5.30. The van der Waals surface area contributed by atoms with Crippen LogP contribution in [0, 0.1) is 0 Å². The molecule has 0 aromatic rings. The Kier molecular flexibility index (Phi) is 11.7. The normalized spacial score (nSPS) is 30.1. The number of nitrogens with two attached hydrogens (primary N) is 1. The van der Waals surface area contributed by atoms with E-state index in [1.807, 2.05) is 0 Å². The van der Waals surface area contributed by atoms with Gasteiger partial charge < -0.3 is 45.5 Å². The third-order valence-electron chi connectivity index (χ3n) is 5.68. The monoisotopic (exact) mass is 584 g/mol. The number of nitrogens with zero attached hydrogens (tertiary/aromatic N) is 1. The standard InChI is InChI=1S/C21H33BrN2O10S/c1-9(25)5-3-4-6-24-19(31)13(22)18(20(24)32)35-8-12-15(28)16(29)17(30)21(34-12)33-7-11(23)14(27)10(2)26/h10-12,14-17,21,26-30H,3-8,23H2,1-2H3/t10-,11+,12?,14-,15+,16?,17?,21+/m1/s1. The van der Waals surface area contributed by atoms with E-state index >= 15 is 0 Å². The Morgan fingerprint density at radius 1 is 1.17 bits per heavy atom. The number of aliphatic hydroxyl groups is 5. The van der Waals surface area contributed by atoms with Crippen molar-refractivity contribution in [1.82, 2.24) is 4.90 Å². The lowest BCUT2D eigenvalue weighted by molar-refractivity contribution is -0.293. The number of Topliss-reactive ketones (excluding diaryl/α,β-unsaturated/α-hetero) is 1. The van der Waals surface area contributed by atoms with Crippen LogP contribution in [0.25, 0.3) is 0 Å². The minimum absolute atomic E-state index is 0.0290. The van der Waals surface area contributed by atoms with Gasteiger partial charge in [0, 0.05) is 18.7 Å². The third kappa shape index (κ3) is 7.77.